The summed E-state index contributed by atoms with van der Waals surface area (Å²) in [5.41, 5.74) is 3.68. The van der Waals surface area contributed by atoms with Gasteiger partial charge in [0.25, 0.3) is 0 Å². The van der Waals surface area contributed by atoms with Crippen LogP contribution in [0.15, 0.2) is 77.8 Å². The number of amidine groups is 1. The number of carbonyl (C=O) groups is 2. The normalized spacial score (nSPS) is 17.1. The smallest absolute Gasteiger partial charge is 0.347 e. The Morgan fingerprint density at radius 1 is 0.946 bits per heavy atom. The van der Waals surface area contributed by atoms with E-state index in [-0.39, 0.29) is 19.2 Å². The Balaban J connectivity index is 1.57. The van der Waals surface area contributed by atoms with E-state index < -0.39 is 11.6 Å². The van der Waals surface area contributed by atoms with Gasteiger partial charge in [-0.1, -0.05) is 38.1 Å². The number of benzene rings is 3. The largest absolute Gasteiger partial charge is 0.375 e. The second-order valence-electron chi connectivity index (χ2n) is 9.07. The van der Waals surface area contributed by atoms with Crippen molar-refractivity contribution >= 4 is 35.0 Å². The van der Waals surface area contributed by atoms with Gasteiger partial charge in [-0.05, 0) is 72.5 Å². The Kier molecular flexibility index (Phi) is 6.47. The molecule has 0 saturated carbocycles. The van der Waals surface area contributed by atoms with E-state index in [4.69, 9.17) is 4.74 Å². The highest BCUT2D eigenvalue weighted by Gasteiger charge is 2.61. The fourth-order valence-electron chi connectivity index (χ4n) is 4.62. The molecule has 0 aliphatic carbocycles. The van der Waals surface area contributed by atoms with Gasteiger partial charge in [-0.2, -0.15) is 10.3 Å². The first kappa shape index (κ1) is 24.2. The molecule has 0 atom stereocenters. The van der Waals surface area contributed by atoms with Crippen molar-refractivity contribution in [1.82, 2.24) is 0 Å². The van der Waals surface area contributed by atoms with Crippen LogP contribution in [0.4, 0.5) is 26.7 Å². The Morgan fingerprint density at radius 2 is 1.51 bits per heavy atom. The molecule has 0 aromatic heterocycles. The van der Waals surface area contributed by atoms with E-state index in [0.29, 0.717) is 28.5 Å². The van der Waals surface area contributed by atoms with Crippen LogP contribution in [-0.2, 0) is 17.6 Å². The minimum atomic E-state index is -0.946. The summed E-state index contributed by atoms with van der Waals surface area (Å²) < 4.78 is 5.60. The predicted molar refractivity (Wildman–Crippen MR) is 143 cm³/mol. The van der Waals surface area contributed by atoms with Gasteiger partial charge >= 0.3 is 12.1 Å². The molecule has 8 heteroatoms. The molecular weight excluding hydrogens is 466 g/mol. The lowest BCUT2D eigenvalue weighted by Crippen LogP contribution is -2.64. The van der Waals surface area contributed by atoms with Crippen LogP contribution in [-0.4, -0.2) is 36.7 Å². The van der Waals surface area contributed by atoms with Gasteiger partial charge in [0.1, 0.15) is 0 Å². The summed E-state index contributed by atoms with van der Waals surface area (Å²) in [5, 5.41) is 12.0. The molecule has 1 spiro atoms. The Bertz CT molecular complexity index is 1390. The van der Waals surface area contributed by atoms with Gasteiger partial charge in [0, 0.05) is 11.4 Å². The fraction of sp³-hybridized carbons (Fsp3) is 0.241. The lowest BCUT2D eigenvalue weighted by atomic mass is 9.93. The number of carbonyl (C=O) groups excluding carboxylic acids is 2. The van der Waals surface area contributed by atoms with Crippen LogP contribution in [0.3, 0.4) is 0 Å². The molecule has 2 aliphatic rings. The van der Waals surface area contributed by atoms with Crippen molar-refractivity contribution in [3.63, 3.8) is 0 Å². The Labute approximate surface area is 215 Å². The lowest BCUT2D eigenvalue weighted by Gasteiger charge is -2.43. The van der Waals surface area contributed by atoms with Crippen LogP contribution in [0.1, 0.15) is 30.5 Å². The topological polar surface area (TPSA) is 98.0 Å². The van der Waals surface area contributed by atoms with E-state index >= 15 is 0 Å². The predicted octanol–water partition coefficient (Wildman–Crippen LogP) is 5.53. The lowest BCUT2D eigenvalue weighted by molar-refractivity contribution is -0.0152. The van der Waals surface area contributed by atoms with Crippen molar-refractivity contribution < 1.29 is 14.3 Å². The number of hydrogen-bond acceptors (Lipinski definition) is 4. The Morgan fingerprint density at radius 3 is 2.03 bits per heavy atom. The number of nitriles is 1. The molecule has 5 rings (SSSR count). The van der Waals surface area contributed by atoms with Gasteiger partial charge in [0.05, 0.1) is 30.5 Å². The molecule has 2 fully saturated rings. The van der Waals surface area contributed by atoms with E-state index in [1.807, 2.05) is 48.5 Å². The molecule has 4 amide bonds. The van der Waals surface area contributed by atoms with Crippen molar-refractivity contribution in [2.24, 2.45) is 4.99 Å². The minimum absolute atomic E-state index is 0.194. The van der Waals surface area contributed by atoms with Crippen LogP contribution >= 0.6 is 0 Å². The third-order valence-corrected chi connectivity index (χ3v) is 6.80. The maximum absolute atomic E-state index is 14.0. The van der Waals surface area contributed by atoms with Crippen molar-refractivity contribution in [3.8, 4) is 6.07 Å². The number of nitrogens with zero attached hydrogens (tertiary/aromatic N) is 4. The summed E-state index contributed by atoms with van der Waals surface area (Å²) >= 11 is 0. The number of nitrogens with one attached hydrogen (secondary N) is 1. The zero-order valence-electron chi connectivity index (χ0n) is 20.8. The summed E-state index contributed by atoms with van der Waals surface area (Å²) in [7, 11) is 0. The maximum atomic E-state index is 14.0. The van der Waals surface area contributed by atoms with Crippen molar-refractivity contribution in [1.29, 1.82) is 5.26 Å². The number of urea groups is 2. The first-order valence-electron chi connectivity index (χ1n) is 12.3. The molecule has 3 aromatic rings. The van der Waals surface area contributed by atoms with Crippen molar-refractivity contribution in [2.75, 3.05) is 28.3 Å². The Hall–Kier alpha value is -4.48. The third-order valence-electron chi connectivity index (χ3n) is 6.80. The van der Waals surface area contributed by atoms with E-state index in [9.17, 15) is 14.9 Å². The quantitative estimate of drug-likeness (QED) is 0.505. The summed E-state index contributed by atoms with van der Waals surface area (Å²) in [6, 6.07) is 23.2. The van der Waals surface area contributed by atoms with Crippen LogP contribution in [0, 0.1) is 11.3 Å². The maximum Gasteiger partial charge on any atom is 0.347 e. The number of amides is 4. The number of anilines is 3. The summed E-state index contributed by atoms with van der Waals surface area (Å²) in [6.45, 7) is 4.52. The summed E-state index contributed by atoms with van der Waals surface area (Å²) in [6.07, 6.45) is 1.77. The molecule has 2 saturated heterocycles. The van der Waals surface area contributed by atoms with E-state index in [0.717, 1.165) is 24.0 Å². The van der Waals surface area contributed by atoms with Gasteiger partial charge < -0.3 is 10.1 Å². The molecule has 37 heavy (non-hydrogen) atoms. The first-order chi connectivity index (χ1) is 18.0. The number of aliphatic imine (C=N–C) groups is 1. The number of ether oxygens (including phenoxy) is 1. The number of aryl methyl sites for hydroxylation is 2. The fourth-order valence-corrected chi connectivity index (χ4v) is 4.62. The van der Waals surface area contributed by atoms with Crippen molar-refractivity contribution in [2.45, 2.75) is 32.2 Å². The second kappa shape index (κ2) is 9.88. The summed E-state index contributed by atoms with van der Waals surface area (Å²) in [4.78, 5) is 34.6. The first-order valence-corrected chi connectivity index (χ1v) is 12.3. The zero-order chi connectivity index (χ0) is 26.0. The van der Waals surface area contributed by atoms with Crippen LogP contribution in [0.2, 0.25) is 0 Å². The zero-order valence-corrected chi connectivity index (χ0v) is 20.8. The molecular formula is C29H27N5O3. The van der Waals surface area contributed by atoms with E-state index in [2.05, 4.69) is 30.2 Å². The molecule has 8 nitrogen and oxygen atoms in total. The highest BCUT2D eigenvalue weighted by Crippen LogP contribution is 2.41. The van der Waals surface area contributed by atoms with Crippen LogP contribution in [0.25, 0.3) is 0 Å². The average molecular weight is 494 g/mol. The monoisotopic (exact) mass is 493 g/mol. The van der Waals surface area contributed by atoms with Gasteiger partial charge in [-0.15, -0.1) is 0 Å². The molecule has 3 aromatic carbocycles. The highest BCUT2D eigenvalue weighted by atomic mass is 16.5. The van der Waals surface area contributed by atoms with E-state index in [1.165, 1.54) is 4.90 Å². The average Bonchev–Trinajstić information content (AvgIpc) is 3.17. The highest BCUT2D eigenvalue weighted by molar-refractivity contribution is 6.34. The standard InChI is InChI=1S/C29H27N5O3/c1-3-20-5-11-23(12-6-20)31-27(35)32-26-29(18-37-19-29)34(25-15-9-22(17-30)10-16-25)28(36)33(26)24-13-7-21(4-2)8-14-24/h5-16H,3-4,18-19H2,1-2H3,(H,31,35). The molecule has 0 radical (unpaired) electrons. The molecule has 1 N–H and O–H groups in total. The van der Waals surface area contributed by atoms with Gasteiger partial charge in [0.15, 0.2) is 11.4 Å². The molecule has 2 aliphatic heterocycles. The van der Waals surface area contributed by atoms with E-state index in [1.54, 1.807) is 29.2 Å². The van der Waals surface area contributed by atoms with Gasteiger partial charge in [-0.3, -0.25) is 4.90 Å². The SMILES string of the molecule is CCc1ccc(NC(=O)N=C2N(c3ccc(CC)cc3)C(=O)N(c3ccc(C#N)cc3)C23COC3)cc1. The second-order valence-corrected chi connectivity index (χ2v) is 9.07. The van der Waals surface area contributed by atoms with Crippen molar-refractivity contribution in [3.05, 3.63) is 89.5 Å². The van der Waals surface area contributed by atoms with Gasteiger partial charge in [-0.25, -0.2) is 14.5 Å². The third kappa shape index (κ3) is 4.34. The van der Waals surface area contributed by atoms with Crippen LogP contribution < -0.4 is 15.1 Å². The minimum Gasteiger partial charge on any atom is -0.375 e. The molecule has 0 bridgehead atoms. The van der Waals surface area contributed by atoms with Gasteiger partial charge in [0.2, 0.25) is 0 Å². The number of hydrogen-bond donors (Lipinski definition) is 1. The molecule has 186 valence electrons. The summed E-state index contributed by atoms with van der Waals surface area (Å²) in [5.74, 6) is 0.306. The van der Waals surface area contributed by atoms with Crippen LogP contribution in [0.5, 0.6) is 0 Å². The number of rotatable bonds is 5. The molecule has 0 unspecified atom stereocenters. The molecule has 2 heterocycles.